The lowest BCUT2D eigenvalue weighted by Crippen LogP contribution is -2.49. The van der Waals surface area contributed by atoms with E-state index in [0.717, 1.165) is 0 Å². The summed E-state index contributed by atoms with van der Waals surface area (Å²) >= 11 is 0. The average Bonchev–Trinajstić information content (AvgIpc) is 2.27. The predicted octanol–water partition coefficient (Wildman–Crippen LogP) is -0.897. The number of aliphatic hydroxyl groups excluding tert-OH is 4. The molecule has 6 nitrogen and oxygen atoms in total. The number of hydrogen-bond acceptors (Lipinski definition) is 6. The van der Waals surface area contributed by atoms with Crippen LogP contribution in [-0.2, 0) is 0 Å². The molecule has 0 saturated heterocycles. The molecule has 3 atom stereocenters. The first kappa shape index (κ1) is 17.8. The lowest BCUT2D eigenvalue weighted by Gasteiger charge is -2.31. The second-order valence-electron chi connectivity index (χ2n) is 4.85. The molecule has 110 valence electrons. The fourth-order valence-corrected chi connectivity index (χ4v) is 1.74. The molecule has 0 heterocycles. The zero-order valence-electron chi connectivity index (χ0n) is 10.9. The van der Waals surface area contributed by atoms with Crippen LogP contribution in [0.3, 0.4) is 0 Å². The molecule has 0 aliphatic rings. The molecule has 0 aromatic heterocycles. The largest absolute Gasteiger partial charge is 0.396 e. The van der Waals surface area contributed by atoms with Crippen LogP contribution in [0.1, 0.15) is 45.4 Å². The Kier molecular flexibility index (Phi) is 8.67. The van der Waals surface area contributed by atoms with Gasteiger partial charge in [0, 0.05) is 13.0 Å². The summed E-state index contributed by atoms with van der Waals surface area (Å²) in [6.07, 6.45) is -1.61. The van der Waals surface area contributed by atoms with E-state index in [1.54, 1.807) is 6.92 Å². The topological polar surface area (TPSA) is 121 Å². The summed E-state index contributed by atoms with van der Waals surface area (Å²) in [6, 6.07) is 0. The van der Waals surface area contributed by atoms with Crippen LogP contribution in [0.2, 0.25) is 0 Å². The van der Waals surface area contributed by atoms with Gasteiger partial charge in [-0.25, -0.2) is 0 Å². The van der Waals surface area contributed by atoms with Crippen molar-refractivity contribution in [2.24, 2.45) is 0 Å². The van der Waals surface area contributed by atoms with Gasteiger partial charge in [-0.1, -0.05) is 0 Å². The standard InChI is InChI=1S/C12H26O6/c1-9(14)5-4-7-12(17,18)11(16)10(15)6-2-3-8-13/h9-11,13-18H,2-8H2,1H3. The van der Waals surface area contributed by atoms with E-state index in [2.05, 4.69) is 0 Å². The molecule has 0 aromatic carbocycles. The van der Waals surface area contributed by atoms with Crippen LogP contribution >= 0.6 is 0 Å². The Morgan fingerprint density at radius 1 is 0.944 bits per heavy atom. The lowest BCUT2D eigenvalue weighted by molar-refractivity contribution is -0.251. The van der Waals surface area contributed by atoms with Gasteiger partial charge in [-0.2, -0.15) is 0 Å². The smallest absolute Gasteiger partial charge is 0.191 e. The molecule has 0 bridgehead atoms. The van der Waals surface area contributed by atoms with Crippen molar-refractivity contribution in [3.63, 3.8) is 0 Å². The Morgan fingerprint density at radius 2 is 1.56 bits per heavy atom. The molecule has 0 amide bonds. The summed E-state index contributed by atoms with van der Waals surface area (Å²) in [5.74, 6) is -2.35. The Labute approximate surface area is 108 Å². The van der Waals surface area contributed by atoms with Gasteiger partial charge in [0.05, 0.1) is 12.2 Å². The Morgan fingerprint density at radius 3 is 2.06 bits per heavy atom. The number of rotatable bonds is 10. The lowest BCUT2D eigenvalue weighted by atomic mass is 9.95. The average molecular weight is 266 g/mol. The van der Waals surface area contributed by atoms with E-state index in [0.29, 0.717) is 25.7 Å². The molecule has 18 heavy (non-hydrogen) atoms. The summed E-state index contributed by atoms with van der Waals surface area (Å²) in [5, 5.41) is 56.1. The molecule has 0 saturated carbocycles. The van der Waals surface area contributed by atoms with Crippen molar-refractivity contribution in [1.82, 2.24) is 0 Å². The molecule has 0 radical (unpaired) electrons. The van der Waals surface area contributed by atoms with Gasteiger partial charge >= 0.3 is 0 Å². The molecular formula is C12H26O6. The minimum absolute atomic E-state index is 0.000592. The van der Waals surface area contributed by atoms with Crippen LogP contribution in [-0.4, -0.2) is 61.3 Å². The summed E-state index contributed by atoms with van der Waals surface area (Å²) in [7, 11) is 0. The van der Waals surface area contributed by atoms with Crippen molar-refractivity contribution in [3.05, 3.63) is 0 Å². The van der Waals surface area contributed by atoms with Crippen molar-refractivity contribution < 1.29 is 30.6 Å². The van der Waals surface area contributed by atoms with Crippen molar-refractivity contribution in [2.45, 2.75) is 69.5 Å². The van der Waals surface area contributed by atoms with Crippen molar-refractivity contribution in [1.29, 1.82) is 0 Å². The van der Waals surface area contributed by atoms with E-state index in [1.807, 2.05) is 0 Å². The highest BCUT2D eigenvalue weighted by molar-refractivity contribution is 4.81. The van der Waals surface area contributed by atoms with Crippen molar-refractivity contribution >= 4 is 0 Å². The molecule has 0 aliphatic carbocycles. The van der Waals surface area contributed by atoms with Crippen LogP contribution in [0.25, 0.3) is 0 Å². The molecule has 3 unspecified atom stereocenters. The van der Waals surface area contributed by atoms with E-state index in [-0.39, 0.29) is 19.4 Å². The highest BCUT2D eigenvalue weighted by Crippen LogP contribution is 2.21. The highest BCUT2D eigenvalue weighted by atomic mass is 16.5. The third-order valence-corrected chi connectivity index (χ3v) is 2.91. The van der Waals surface area contributed by atoms with Crippen LogP contribution in [0.15, 0.2) is 0 Å². The van der Waals surface area contributed by atoms with Crippen LogP contribution in [0.4, 0.5) is 0 Å². The zero-order valence-corrected chi connectivity index (χ0v) is 10.9. The molecule has 0 spiro atoms. The van der Waals surface area contributed by atoms with Gasteiger partial charge < -0.3 is 30.6 Å². The van der Waals surface area contributed by atoms with Crippen LogP contribution < -0.4 is 0 Å². The minimum Gasteiger partial charge on any atom is -0.396 e. The third kappa shape index (κ3) is 7.25. The molecule has 0 fully saturated rings. The van der Waals surface area contributed by atoms with E-state index < -0.39 is 24.1 Å². The van der Waals surface area contributed by atoms with Gasteiger partial charge in [-0.3, -0.25) is 0 Å². The zero-order chi connectivity index (χ0) is 14.2. The number of hydrogen-bond donors (Lipinski definition) is 6. The second-order valence-corrected chi connectivity index (χ2v) is 4.85. The summed E-state index contributed by atoms with van der Waals surface area (Å²) in [6.45, 7) is 1.59. The van der Waals surface area contributed by atoms with Crippen molar-refractivity contribution in [2.75, 3.05) is 6.61 Å². The maximum Gasteiger partial charge on any atom is 0.191 e. The minimum atomic E-state index is -2.35. The predicted molar refractivity (Wildman–Crippen MR) is 65.7 cm³/mol. The fourth-order valence-electron chi connectivity index (χ4n) is 1.74. The first-order chi connectivity index (χ1) is 8.31. The summed E-state index contributed by atoms with van der Waals surface area (Å²) in [5.41, 5.74) is 0. The Balaban J connectivity index is 4.05. The normalized spacial score (nSPS) is 17.5. The summed E-state index contributed by atoms with van der Waals surface area (Å²) < 4.78 is 0. The van der Waals surface area contributed by atoms with E-state index >= 15 is 0 Å². The van der Waals surface area contributed by atoms with Gasteiger partial charge in [0.15, 0.2) is 5.79 Å². The van der Waals surface area contributed by atoms with Gasteiger partial charge in [0.2, 0.25) is 0 Å². The monoisotopic (exact) mass is 266 g/mol. The number of aliphatic hydroxyl groups is 6. The number of unbranched alkanes of at least 4 members (excludes halogenated alkanes) is 1. The molecule has 6 heteroatoms. The van der Waals surface area contributed by atoms with E-state index in [4.69, 9.17) is 10.2 Å². The molecule has 6 N–H and O–H groups in total. The Hall–Kier alpha value is -0.240. The van der Waals surface area contributed by atoms with Gasteiger partial charge in [0.25, 0.3) is 0 Å². The van der Waals surface area contributed by atoms with Crippen molar-refractivity contribution in [3.8, 4) is 0 Å². The highest BCUT2D eigenvalue weighted by Gasteiger charge is 2.37. The van der Waals surface area contributed by atoms with Gasteiger partial charge in [-0.05, 0) is 39.0 Å². The first-order valence-electron chi connectivity index (χ1n) is 6.41. The van der Waals surface area contributed by atoms with Crippen LogP contribution in [0, 0.1) is 0 Å². The molecule has 0 aromatic rings. The fraction of sp³-hybridized carbons (Fsp3) is 1.00. The third-order valence-electron chi connectivity index (χ3n) is 2.91. The maximum atomic E-state index is 9.64. The van der Waals surface area contributed by atoms with E-state index in [9.17, 15) is 20.4 Å². The first-order valence-corrected chi connectivity index (χ1v) is 6.41. The second kappa shape index (κ2) is 8.79. The quantitative estimate of drug-likeness (QED) is 0.225. The van der Waals surface area contributed by atoms with Crippen LogP contribution in [0.5, 0.6) is 0 Å². The maximum absolute atomic E-state index is 9.64. The Bertz CT molecular complexity index is 207. The SMILES string of the molecule is CC(O)CCCC(O)(O)C(O)C(O)CCCCO. The molecular weight excluding hydrogens is 240 g/mol. The molecule has 0 rings (SSSR count). The van der Waals surface area contributed by atoms with Gasteiger partial charge in [-0.15, -0.1) is 0 Å². The van der Waals surface area contributed by atoms with E-state index in [1.165, 1.54) is 0 Å². The van der Waals surface area contributed by atoms with Gasteiger partial charge in [0.1, 0.15) is 6.10 Å². The molecule has 0 aliphatic heterocycles. The summed E-state index contributed by atoms with van der Waals surface area (Å²) in [4.78, 5) is 0.